The highest BCUT2D eigenvalue weighted by Crippen LogP contribution is 2.11. The monoisotopic (exact) mass is 181 g/mol. The number of nitrogens with zero attached hydrogens (tertiary/aromatic N) is 2. The molecule has 2 N–H and O–H groups in total. The number of primary amides is 1. The summed E-state index contributed by atoms with van der Waals surface area (Å²) in [6.45, 7) is 6.00. The van der Waals surface area contributed by atoms with Gasteiger partial charge in [-0.2, -0.15) is 5.10 Å². The van der Waals surface area contributed by atoms with Gasteiger partial charge in [0, 0.05) is 17.8 Å². The van der Waals surface area contributed by atoms with Crippen molar-refractivity contribution in [2.75, 3.05) is 0 Å². The van der Waals surface area contributed by atoms with Crippen molar-refractivity contribution in [3.63, 3.8) is 0 Å². The van der Waals surface area contributed by atoms with Crippen LogP contribution in [0.25, 0.3) is 0 Å². The molecular weight excluding hydrogens is 166 g/mol. The van der Waals surface area contributed by atoms with Crippen LogP contribution in [0.2, 0.25) is 0 Å². The normalized spacial score (nSPS) is 10.8. The van der Waals surface area contributed by atoms with Crippen molar-refractivity contribution in [2.45, 2.75) is 33.2 Å². The second kappa shape index (κ2) is 3.60. The first kappa shape index (κ1) is 9.77. The van der Waals surface area contributed by atoms with Crippen molar-refractivity contribution in [3.05, 3.63) is 17.5 Å². The summed E-state index contributed by atoms with van der Waals surface area (Å²) < 4.78 is 1.76. The maximum Gasteiger partial charge on any atom is 0.269 e. The summed E-state index contributed by atoms with van der Waals surface area (Å²) in [4.78, 5) is 11.0. The van der Waals surface area contributed by atoms with E-state index in [9.17, 15) is 4.79 Å². The maximum atomic E-state index is 11.0. The fraction of sp³-hybridized carbons (Fsp3) is 0.556. The molecule has 1 rings (SSSR count). The molecule has 72 valence electrons. The molecule has 0 bridgehead atoms. The van der Waals surface area contributed by atoms with Gasteiger partial charge in [0.1, 0.15) is 0 Å². The molecule has 0 aliphatic carbocycles. The highest BCUT2D eigenvalue weighted by Gasteiger charge is 2.13. The summed E-state index contributed by atoms with van der Waals surface area (Å²) in [5.41, 5.74) is 6.51. The lowest BCUT2D eigenvalue weighted by atomic mass is 10.2. The van der Waals surface area contributed by atoms with E-state index in [2.05, 4.69) is 5.10 Å². The molecule has 13 heavy (non-hydrogen) atoms. The molecule has 4 nitrogen and oxygen atoms in total. The fourth-order valence-electron chi connectivity index (χ4n) is 1.16. The van der Waals surface area contributed by atoms with Crippen LogP contribution in [0.1, 0.15) is 42.9 Å². The molecule has 0 saturated carbocycles. The molecule has 0 fully saturated rings. The Kier molecular flexibility index (Phi) is 2.70. The fourth-order valence-corrected chi connectivity index (χ4v) is 1.16. The van der Waals surface area contributed by atoms with Crippen molar-refractivity contribution in [2.24, 2.45) is 5.73 Å². The number of aryl methyl sites for hydroxylation is 1. The first-order chi connectivity index (χ1) is 6.06. The Balaban J connectivity index is 3.11. The molecule has 0 saturated heterocycles. The van der Waals surface area contributed by atoms with E-state index in [1.165, 1.54) is 0 Å². The maximum absolute atomic E-state index is 11.0. The van der Waals surface area contributed by atoms with Crippen molar-refractivity contribution in [1.82, 2.24) is 9.78 Å². The number of hydrogen-bond donors (Lipinski definition) is 1. The summed E-state index contributed by atoms with van der Waals surface area (Å²) in [7, 11) is 0. The smallest absolute Gasteiger partial charge is 0.269 e. The highest BCUT2D eigenvalue weighted by molar-refractivity contribution is 5.92. The predicted molar refractivity (Wildman–Crippen MR) is 50.5 cm³/mol. The van der Waals surface area contributed by atoms with E-state index >= 15 is 0 Å². The summed E-state index contributed by atoms with van der Waals surface area (Å²) in [5, 5.41) is 4.12. The molecule has 0 aromatic carbocycles. The van der Waals surface area contributed by atoms with E-state index in [1.807, 2.05) is 27.0 Å². The van der Waals surface area contributed by atoms with Gasteiger partial charge in [-0.3, -0.25) is 9.48 Å². The van der Waals surface area contributed by atoms with Crippen LogP contribution >= 0.6 is 0 Å². The van der Waals surface area contributed by atoms with Gasteiger partial charge in [0.2, 0.25) is 0 Å². The number of carbonyl (C=O) groups excluding carboxylic acids is 1. The Labute approximate surface area is 77.7 Å². The Morgan fingerprint density at radius 2 is 2.31 bits per heavy atom. The van der Waals surface area contributed by atoms with Gasteiger partial charge in [0.05, 0.1) is 0 Å². The Hall–Kier alpha value is -1.32. The van der Waals surface area contributed by atoms with Gasteiger partial charge in [-0.05, 0) is 20.3 Å². The molecule has 0 aliphatic rings. The third-order valence-corrected chi connectivity index (χ3v) is 1.95. The molecule has 1 aromatic heterocycles. The molecule has 0 spiro atoms. The average molecular weight is 181 g/mol. The van der Waals surface area contributed by atoms with Gasteiger partial charge in [-0.25, -0.2) is 0 Å². The number of aromatic nitrogens is 2. The molecule has 4 heteroatoms. The van der Waals surface area contributed by atoms with Gasteiger partial charge in [-0.1, -0.05) is 6.92 Å². The highest BCUT2D eigenvalue weighted by atomic mass is 16.1. The van der Waals surface area contributed by atoms with E-state index in [1.54, 1.807) is 4.68 Å². The number of amides is 1. The lowest BCUT2D eigenvalue weighted by Crippen LogP contribution is -2.14. The second-order valence-corrected chi connectivity index (χ2v) is 3.29. The zero-order valence-electron chi connectivity index (χ0n) is 8.24. The quantitative estimate of drug-likeness (QED) is 0.759. The molecule has 1 heterocycles. The summed E-state index contributed by atoms with van der Waals surface area (Å²) in [6, 6.07) is 0.262. The molecule has 1 amide bonds. The van der Waals surface area contributed by atoms with Crippen molar-refractivity contribution >= 4 is 5.91 Å². The average Bonchev–Trinajstić information content (AvgIpc) is 2.47. The lowest BCUT2D eigenvalue weighted by Gasteiger charge is -2.02. The van der Waals surface area contributed by atoms with Gasteiger partial charge in [0.15, 0.2) is 5.69 Å². The zero-order chi connectivity index (χ0) is 10.0. The minimum atomic E-state index is -0.448. The van der Waals surface area contributed by atoms with Gasteiger partial charge >= 0.3 is 0 Å². The van der Waals surface area contributed by atoms with Crippen molar-refractivity contribution in [3.8, 4) is 0 Å². The summed E-state index contributed by atoms with van der Waals surface area (Å²) in [6.07, 6.45) is 2.66. The second-order valence-electron chi connectivity index (χ2n) is 3.29. The first-order valence-electron chi connectivity index (χ1n) is 4.44. The molecule has 0 aliphatic heterocycles. The molecule has 1 aromatic rings. The number of hydrogen-bond acceptors (Lipinski definition) is 2. The third-order valence-electron chi connectivity index (χ3n) is 1.95. The lowest BCUT2D eigenvalue weighted by molar-refractivity contribution is 0.0994. The predicted octanol–water partition coefficient (Wildman–Crippen LogP) is 1.13. The third kappa shape index (κ3) is 1.88. The molecular formula is C9H15N3O. The van der Waals surface area contributed by atoms with Crippen molar-refractivity contribution in [1.29, 1.82) is 0 Å². The van der Waals surface area contributed by atoms with Gasteiger partial charge < -0.3 is 5.73 Å². The van der Waals surface area contributed by atoms with Gasteiger partial charge in [-0.15, -0.1) is 0 Å². The molecule has 0 atom stereocenters. The van der Waals surface area contributed by atoms with Crippen LogP contribution in [0, 0.1) is 0 Å². The van der Waals surface area contributed by atoms with E-state index in [0.717, 1.165) is 12.0 Å². The van der Waals surface area contributed by atoms with Crippen LogP contribution in [0.15, 0.2) is 6.20 Å². The van der Waals surface area contributed by atoms with E-state index in [-0.39, 0.29) is 6.04 Å². The number of carbonyl (C=O) groups is 1. The van der Waals surface area contributed by atoms with Crippen molar-refractivity contribution < 1.29 is 4.79 Å². The molecule has 0 radical (unpaired) electrons. The first-order valence-corrected chi connectivity index (χ1v) is 4.44. The van der Waals surface area contributed by atoms with Crippen LogP contribution < -0.4 is 5.73 Å². The van der Waals surface area contributed by atoms with E-state index in [0.29, 0.717) is 5.69 Å². The standard InChI is InChI=1S/C9H15N3O/c1-4-7-5-12(6(2)3)11-8(7)9(10)13/h5-6H,4H2,1-3H3,(H2,10,13). The van der Waals surface area contributed by atoms with Gasteiger partial charge in [0.25, 0.3) is 5.91 Å². The Bertz CT molecular complexity index is 315. The summed E-state index contributed by atoms with van der Waals surface area (Å²) >= 11 is 0. The minimum Gasteiger partial charge on any atom is -0.364 e. The largest absolute Gasteiger partial charge is 0.364 e. The minimum absolute atomic E-state index is 0.262. The molecule has 0 unspecified atom stereocenters. The number of nitrogens with two attached hydrogens (primary N) is 1. The van der Waals surface area contributed by atoms with Crippen LogP contribution in [0.4, 0.5) is 0 Å². The van der Waals surface area contributed by atoms with Crippen LogP contribution in [-0.2, 0) is 6.42 Å². The van der Waals surface area contributed by atoms with Crippen LogP contribution in [0.3, 0.4) is 0 Å². The Morgan fingerprint density at radius 3 is 2.62 bits per heavy atom. The topological polar surface area (TPSA) is 60.9 Å². The zero-order valence-corrected chi connectivity index (χ0v) is 8.24. The van der Waals surface area contributed by atoms with E-state index < -0.39 is 5.91 Å². The number of rotatable bonds is 3. The van der Waals surface area contributed by atoms with Crippen LogP contribution in [-0.4, -0.2) is 15.7 Å². The van der Waals surface area contributed by atoms with Crippen LogP contribution in [0.5, 0.6) is 0 Å². The Morgan fingerprint density at radius 1 is 1.69 bits per heavy atom. The SMILES string of the molecule is CCc1cn(C(C)C)nc1C(N)=O. The summed E-state index contributed by atoms with van der Waals surface area (Å²) in [5.74, 6) is -0.448. The van der Waals surface area contributed by atoms with E-state index in [4.69, 9.17) is 5.73 Å².